The molecule has 4 heteroatoms. The number of aromatic nitrogens is 1. The fourth-order valence-corrected chi connectivity index (χ4v) is 3.33. The van der Waals surface area contributed by atoms with Crippen molar-refractivity contribution >= 4 is 11.1 Å². The molecule has 0 aliphatic heterocycles. The number of ether oxygens (including phenoxy) is 1. The SMILES string of the molecule is CCCCCCOc1ccc(-c2ccc(-c3nc4ccccc4o3)cc2)c(F)c1. The highest BCUT2D eigenvalue weighted by atomic mass is 19.1. The Morgan fingerprint density at radius 2 is 1.69 bits per heavy atom. The standard InChI is InChI=1S/C25H24FNO2/c1-2-3-4-7-16-28-20-14-15-21(22(26)17-20)18-10-12-19(13-11-18)25-27-23-8-5-6-9-24(23)29-25/h5-6,8-15,17H,2-4,7,16H2,1H3. The smallest absolute Gasteiger partial charge is 0.227 e. The van der Waals surface area contributed by atoms with Gasteiger partial charge in [-0.3, -0.25) is 0 Å². The Bertz CT molecular complexity index is 1050. The Hall–Kier alpha value is -3.14. The molecule has 0 spiro atoms. The molecule has 3 nitrogen and oxygen atoms in total. The van der Waals surface area contributed by atoms with E-state index < -0.39 is 0 Å². The summed E-state index contributed by atoms with van der Waals surface area (Å²) in [6.45, 7) is 2.80. The molecule has 0 aliphatic carbocycles. The monoisotopic (exact) mass is 389 g/mol. The molecule has 3 aromatic carbocycles. The summed E-state index contributed by atoms with van der Waals surface area (Å²) in [5.41, 5.74) is 3.78. The van der Waals surface area contributed by atoms with E-state index >= 15 is 0 Å². The van der Waals surface area contributed by atoms with Crippen molar-refractivity contribution in [1.82, 2.24) is 4.98 Å². The van der Waals surface area contributed by atoms with Crippen LogP contribution >= 0.6 is 0 Å². The van der Waals surface area contributed by atoms with E-state index in [1.165, 1.54) is 18.9 Å². The van der Waals surface area contributed by atoms with Gasteiger partial charge in [-0.25, -0.2) is 9.37 Å². The van der Waals surface area contributed by atoms with Crippen LogP contribution < -0.4 is 4.74 Å². The molecule has 0 fully saturated rings. The molecule has 148 valence electrons. The molecule has 1 heterocycles. The molecule has 0 aliphatic rings. The van der Waals surface area contributed by atoms with Crippen LogP contribution in [0.2, 0.25) is 0 Å². The van der Waals surface area contributed by atoms with Crippen LogP contribution in [-0.2, 0) is 0 Å². The molecule has 0 saturated carbocycles. The number of para-hydroxylation sites is 2. The van der Waals surface area contributed by atoms with Crippen molar-refractivity contribution < 1.29 is 13.5 Å². The van der Waals surface area contributed by atoms with Crippen molar-refractivity contribution in [3.8, 4) is 28.3 Å². The molecule has 4 rings (SSSR count). The Morgan fingerprint density at radius 3 is 2.45 bits per heavy atom. The van der Waals surface area contributed by atoms with Crippen LogP contribution in [0.15, 0.2) is 71.1 Å². The van der Waals surface area contributed by atoms with Crippen LogP contribution in [0.4, 0.5) is 4.39 Å². The third-order valence-electron chi connectivity index (χ3n) is 4.94. The molecule has 0 radical (unpaired) electrons. The largest absolute Gasteiger partial charge is 0.493 e. The fourth-order valence-electron chi connectivity index (χ4n) is 3.33. The van der Waals surface area contributed by atoms with E-state index in [0.717, 1.165) is 35.1 Å². The van der Waals surface area contributed by atoms with Crippen LogP contribution in [0, 0.1) is 5.82 Å². The first-order chi connectivity index (χ1) is 14.2. The molecule has 0 unspecified atom stereocenters. The van der Waals surface area contributed by atoms with Crippen LogP contribution in [-0.4, -0.2) is 11.6 Å². The second-order valence-electron chi connectivity index (χ2n) is 7.11. The molecular formula is C25H24FNO2. The van der Waals surface area contributed by atoms with Gasteiger partial charge >= 0.3 is 0 Å². The van der Waals surface area contributed by atoms with Gasteiger partial charge in [0.1, 0.15) is 17.1 Å². The Balaban J connectivity index is 1.47. The quantitative estimate of drug-likeness (QED) is 0.297. The van der Waals surface area contributed by atoms with Crippen molar-refractivity contribution in [3.05, 3.63) is 72.5 Å². The third kappa shape index (κ3) is 4.48. The number of benzene rings is 3. The number of hydrogen-bond donors (Lipinski definition) is 0. The van der Waals surface area contributed by atoms with Gasteiger partial charge in [-0.05, 0) is 48.4 Å². The van der Waals surface area contributed by atoms with Gasteiger partial charge < -0.3 is 9.15 Å². The van der Waals surface area contributed by atoms with E-state index in [1.54, 1.807) is 6.07 Å². The Morgan fingerprint density at radius 1 is 0.897 bits per heavy atom. The van der Waals surface area contributed by atoms with E-state index in [0.29, 0.717) is 23.8 Å². The van der Waals surface area contributed by atoms with Crippen molar-refractivity contribution in [2.24, 2.45) is 0 Å². The summed E-state index contributed by atoms with van der Waals surface area (Å²) in [6, 6.07) is 20.3. The highest BCUT2D eigenvalue weighted by Gasteiger charge is 2.10. The minimum atomic E-state index is -0.286. The van der Waals surface area contributed by atoms with Gasteiger partial charge in [0.05, 0.1) is 6.61 Å². The molecule has 0 saturated heterocycles. The third-order valence-corrected chi connectivity index (χ3v) is 4.94. The summed E-state index contributed by atoms with van der Waals surface area (Å²) >= 11 is 0. The number of oxazole rings is 1. The van der Waals surface area contributed by atoms with Gasteiger partial charge in [0.15, 0.2) is 5.58 Å². The molecule has 4 aromatic rings. The number of unbranched alkanes of at least 4 members (excludes halogenated alkanes) is 3. The highest BCUT2D eigenvalue weighted by molar-refractivity contribution is 5.76. The normalized spacial score (nSPS) is 11.1. The second kappa shape index (κ2) is 8.91. The lowest BCUT2D eigenvalue weighted by atomic mass is 10.0. The number of halogens is 1. The van der Waals surface area contributed by atoms with Crippen LogP contribution in [0.25, 0.3) is 33.7 Å². The molecule has 29 heavy (non-hydrogen) atoms. The maximum atomic E-state index is 14.6. The molecule has 0 amide bonds. The van der Waals surface area contributed by atoms with Gasteiger partial charge in [-0.2, -0.15) is 0 Å². The van der Waals surface area contributed by atoms with Crippen molar-refractivity contribution in [2.75, 3.05) is 6.61 Å². The first-order valence-electron chi connectivity index (χ1n) is 10.1. The zero-order valence-electron chi connectivity index (χ0n) is 16.5. The minimum absolute atomic E-state index is 0.286. The van der Waals surface area contributed by atoms with Crippen molar-refractivity contribution in [3.63, 3.8) is 0 Å². The number of nitrogens with zero attached hydrogens (tertiary/aromatic N) is 1. The fraction of sp³-hybridized carbons (Fsp3) is 0.240. The van der Waals surface area contributed by atoms with Gasteiger partial charge in [0, 0.05) is 17.2 Å². The summed E-state index contributed by atoms with van der Waals surface area (Å²) in [5.74, 6) is 0.849. The first-order valence-corrected chi connectivity index (χ1v) is 10.1. The minimum Gasteiger partial charge on any atom is -0.493 e. The van der Waals surface area contributed by atoms with E-state index in [1.807, 2.05) is 54.6 Å². The number of hydrogen-bond acceptors (Lipinski definition) is 3. The van der Waals surface area contributed by atoms with Crippen molar-refractivity contribution in [2.45, 2.75) is 32.6 Å². The van der Waals surface area contributed by atoms with Gasteiger partial charge in [0.25, 0.3) is 0 Å². The lowest BCUT2D eigenvalue weighted by Gasteiger charge is -2.09. The predicted molar refractivity (Wildman–Crippen MR) is 114 cm³/mol. The summed E-state index contributed by atoms with van der Waals surface area (Å²) in [5, 5.41) is 0. The van der Waals surface area contributed by atoms with Crippen LogP contribution in [0.1, 0.15) is 32.6 Å². The van der Waals surface area contributed by atoms with E-state index in [-0.39, 0.29) is 5.82 Å². The maximum absolute atomic E-state index is 14.6. The lowest BCUT2D eigenvalue weighted by molar-refractivity contribution is 0.303. The molecule has 1 aromatic heterocycles. The van der Waals surface area contributed by atoms with Gasteiger partial charge in [0.2, 0.25) is 5.89 Å². The van der Waals surface area contributed by atoms with E-state index in [2.05, 4.69) is 11.9 Å². The van der Waals surface area contributed by atoms with Gasteiger partial charge in [-0.1, -0.05) is 50.5 Å². The van der Waals surface area contributed by atoms with Crippen LogP contribution in [0.5, 0.6) is 5.75 Å². The van der Waals surface area contributed by atoms with Gasteiger partial charge in [-0.15, -0.1) is 0 Å². The average Bonchev–Trinajstić information content (AvgIpc) is 3.18. The summed E-state index contributed by atoms with van der Waals surface area (Å²) in [6.07, 6.45) is 4.53. The van der Waals surface area contributed by atoms with E-state index in [9.17, 15) is 4.39 Å². The molecule has 0 atom stereocenters. The molecule has 0 bridgehead atoms. The summed E-state index contributed by atoms with van der Waals surface area (Å²) in [7, 11) is 0. The Labute approximate surface area is 170 Å². The number of rotatable bonds is 8. The zero-order chi connectivity index (χ0) is 20.1. The molecular weight excluding hydrogens is 365 g/mol. The maximum Gasteiger partial charge on any atom is 0.227 e. The lowest BCUT2D eigenvalue weighted by Crippen LogP contribution is -1.98. The zero-order valence-corrected chi connectivity index (χ0v) is 16.5. The number of fused-ring (bicyclic) bond motifs is 1. The highest BCUT2D eigenvalue weighted by Crippen LogP contribution is 2.30. The average molecular weight is 389 g/mol. The molecule has 0 N–H and O–H groups in total. The summed E-state index contributed by atoms with van der Waals surface area (Å²) < 4.78 is 26.1. The second-order valence-corrected chi connectivity index (χ2v) is 7.11. The Kier molecular flexibility index (Phi) is 5.89. The topological polar surface area (TPSA) is 35.3 Å². The first kappa shape index (κ1) is 19.2. The van der Waals surface area contributed by atoms with E-state index in [4.69, 9.17) is 9.15 Å². The van der Waals surface area contributed by atoms with Crippen molar-refractivity contribution in [1.29, 1.82) is 0 Å². The van der Waals surface area contributed by atoms with Crippen LogP contribution in [0.3, 0.4) is 0 Å². The predicted octanol–water partition coefficient (Wildman–Crippen LogP) is 7.26. The summed E-state index contributed by atoms with van der Waals surface area (Å²) in [4.78, 5) is 4.50.